The Morgan fingerprint density at radius 2 is 2.13 bits per heavy atom. The van der Waals surface area contributed by atoms with Gasteiger partial charge in [-0.05, 0) is 42.3 Å². The highest BCUT2D eigenvalue weighted by Gasteiger charge is 2.13. The van der Waals surface area contributed by atoms with Crippen molar-refractivity contribution >= 4 is 23.5 Å². The molecule has 2 amide bonds. The number of ether oxygens (including phenoxy) is 1. The van der Waals surface area contributed by atoms with Crippen LogP contribution in [0.4, 0.5) is 14.9 Å². The molecule has 0 saturated heterocycles. The van der Waals surface area contributed by atoms with Crippen molar-refractivity contribution in [1.82, 2.24) is 5.43 Å². The van der Waals surface area contributed by atoms with E-state index in [1.165, 1.54) is 23.9 Å². The van der Waals surface area contributed by atoms with Gasteiger partial charge in [-0.15, -0.1) is 11.8 Å². The Balaban J connectivity index is 2.26. The van der Waals surface area contributed by atoms with Crippen LogP contribution in [0.5, 0.6) is 5.75 Å². The van der Waals surface area contributed by atoms with Crippen LogP contribution >= 0.6 is 11.8 Å². The van der Waals surface area contributed by atoms with Gasteiger partial charge in [0.1, 0.15) is 11.6 Å². The van der Waals surface area contributed by atoms with Crippen LogP contribution < -0.4 is 21.3 Å². The smallest absolute Gasteiger partial charge is 0.333 e. The number of aryl methyl sites for hydroxylation is 1. The normalized spacial score (nSPS) is 10.3. The van der Waals surface area contributed by atoms with Gasteiger partial charge in [0.2, 0.25) is 0 Å². The predicted octanol–water partition coefficient (Wildman–Crippen LogP) is 3.43. The average molecular weight is 335 g/mol. The van der Waals surface area contributed by atoms with Crippen LogP contribution in [0.2, 0.25) is 0 Å². The number of hydrogen-bond acceptors (Lipinski definition) is 4. The van der Waals surface area contributed by atoms with Gasteiger partial charge in [-0.2, -0.15) is 0 Å². The number of amides is 2. The Kier molecular flexibility index (Phi) is 5.84. The molecule has 0 bridgehead atoms. The Bertz CT molecular complexity index is 710. The number of hydrazine groups is 1. The summed E-state index contributed by atoms with van der Waals surface area (Å²) in [5, 5.41) is 2.65. The summed E-state index contributed by atoms with van der Waals surface area (Å²) in [6.07, 6.45) is 0. The molecule has 0 spiro atoms. The van der Waals surface area contributed by atoms with E-state index in [4.69, 9.17) is 10.6 Å². The number of carbonyl (C=O) groups excluding carboxylic acids is 1. The van der Waals surface area contributed by atoms with Gasteiger partial charge in [0.05, 0.1) is 17.7 Å². The average Bonchev–Trinajstić information content (AvgIpc) is 2.56. The lowest BCUT2D eigenvalue weighted by atomic mass is 10.1. The summed E-state index contributed by atoms with van der Waals surface area (Å²) in [5.74, 6) is 6.00. The zero-order valence-electron chi connectivity index (χ0n) is 12.9. The predicted molar refractivity (Wildman–Crippen MR) is 90.0 cm³/mol. The molecular weight excluding hydrogens is 317 g/mol. The van der Waals surface area contributed by atoms with Gasteiger partial charge >= 0.3 is 6.03 Å². The van der Waals surface area contributed by atoms with Crippen molar-refractivity contribution < 1.29 is 13.9 Å². The summed E-state index contributed by atoms with van der Waals surface area (Å²) in [6, 6.07) is 9.48. The molecule has 0 fully saturated rings. The van der Waals surface area contributed by atoms with Crippen molar-refractivity contribution in [2.75, 3.05) is 12.4 Å². The highest BCUT2D eigenvalue weighted by molar-refractivity contribution is 7.98. The lowest BCUT2D eigenvalue weighted by Gasteiger charge is -2.14. The second kappa shape index (κ2) is 7.85. The molecule has 0 aromatic heterocycles. The summed E-state index contributed by atoms with van der Waals surface area (Å²) in [7, 11) is 1.56. The first-order valence-corrected chi connectivity index (χ1v) is 7.86. The minimum Gasteiger partial charge on any atom is -0.496 e. The van der Waals surface area contributed by atoms with E-state index < -0.39 is 6.03 Å². The molecule has 4 N–H and O–H groups in total. The molecule has 0 heterocycles. The fourth-order valence-corrected chi connectivity index (χ4v) is 3.21. The molecule has 7 heteroatoms. The number of urea groups is 1. The topological polar surface area (TPSA) is 76.4 Å². The van der Waals surface area contributed by atoms with E-state index in [1.807, 2.05) is 12.3 Å². The summed E-state index contributed by atoms with van der Waals surface area (Å²) in [4.78, 5) is 12.2. The molecule has 23 heavy (non-hydrogen) atoms. The molecule has 0 atom stereocenters. The standard InChI is InChI=1S/C16H18FN3O2S/c1-10-6-7-12(17)8-11(10)9-23-15-13(19-16(21)20-18)4-3-5-14(15)22-2/h3-8H,9,18H2,1-2H3,(H2,19,20,21). The van der Waals surface area contributed by atoms with Gasteiger partial charge < -0.3 is 10.1 Å². The second-order valence-electron chi connectivity index (χ2n) is 4.79. The molecular formula is C16H18FN3O2S. The zero-order chi connectivity index (χ0) is 16.8. The van der Waals surface area contributed by atoms with Crippen LogP contribution in [0, 0.1) is 12.7 Å². The fourth-order valence-electron chi connectivity index (χ4n) is 2.03. The van der Waals surface area contributed by atoms with Crippen LogP contribution in [-0.4, -0.2) is 13.1 Å². The number of rotatable bonds is 5. The van der Waals surface area contributed by atoms with Crippen molar-refractivity contribution in [3.8, 4) is 5.75 Å². The largest absolute Gasteiger partial charge is 0.496 e. The number of carbonyl (C=O) groups is 1. The van der Waals surface area contributed by atoms with E-state index in [0.717, 1.165) is 16.0 Å². The lowest BCUT2D eigenvalue weighted by molar-refractivity contribution is 0.252. The van der Waals surface area contributed by atoms with Gasteiger partial charge in [0, 0.05) is 5.75 Å². The first kappa shape index (κ1) is 17.1. The summed E-state index contributed by atoms with van der Waals surface area (Å²) < 4.78 is 18.7. The van der Waals surface area contributed by atoms with Crippen LogP contribution in [0.1, 0.15) is 11.1 Å². The summed E-state index contributed by atoms with van der Waals surface area (Å²) in [6.45, 7) is 1.93. The Morgan fingerprint density at radius 1 is 1.35 bits per heavy atom. The summed E-state index contributed by atoms with van der Waals surface area (Å²) in [5.41, 5.74) is 4.48. The third-order valence-electron chi connectivity index (χ3n) is 3.26. The Morgan fingerprint density at radius 3 is 2.83 bits per heavy atom. The monoisotopic (exact) mass is 335 g/mol. The maximum absolute atomic E-state index is 13.4. The Labute approximate surface area is 138 Å². The van der Waals surface area contributed by atoms with Crippen molar-refractivity contribution in [1.29, 1.82) is 0 Å². The number of anilines is 1. The van der Waals surface area contributed by atoms with Crippen molar-refractivity contribution in [2.45, 2.75) is 17.6 Å². The van der Waals surface area contributed by atoms with Gasteiger partial charge in [-0.3, -0.25) is 5.43 Å². The highest BCUT2D eigenvalue weighted by Crippen LogP contribution is 2.38. The number of nitrogens with two attached hydrogens (primary N) is 1. The Hall–Kier alpha value is -2.25. The molecule has 0 unspecified atom stereocenters. The number of benzene rings is 2. The van der Waals surface area contributed by atoms with E-state index in [9.17, 15) is 9.18 Å². The fraction of sp³-hybridized carbons (Fsp3) is 0.188. The maximum Gasteiger partial charge on any atom is 0.333 e. The van der Waals surface area contributed by atoms with E-state index in [2.05, 4.69) is 5.32 Å². The van der Waals surface area contributed by atoms with Gasteiger partial charge in [-0.25, -0.2) is 15.0 Å². The first-order chi connectivity index (χ1) is 11.0. The minimum absolute atomic E-state index is 0.271. The number of halogens is 1. The number of hydrogen-bond donors (Lipinski definition) is 3. The van der Waals surface area contributed by atoms with Crippen LogP contribution in [0.15, 0.2) is 41.3 Å². The van der Waals surface area contributed by atoms with E-state index in [1.54, 1.807) is 31.4 Å². The third-order valence-corrected chi connectivity index (χ3v) is 4.43. The zero-order valence-corrected chi connectivity index (χ0v) is 13.7. The first-order valence-electron chi connectivity index (χ1n) is 6.87. The van der Waals surface area contributed by atoms with Crippen LogP contribution in [-0.2, 0) is 5.75 Å². The number of methoxy groups -OCH3 is 1. The minimum atomic E-state index is -0.526. The molecule has 0 aliphatic rings. The summed E-state index contributed by atoms with van der Waals surface area (Å²) >= 11 is 1.45. The number of thioether (sulfide) groups is 1. The molecule has 2 aromatic rings. The maximum atomic E-state index is 13.4. The molecule has 0 radical (unpaired) electrons. The van der Waals surface area contributed by atoms with Crippen LogP contribution in [0.25, 0.3) is 0 Å². The van der Waals surface area contributed by atoms with Crippen molar-refractivity contribution in [3.63, 3.8) is 0 Å². The van der Waals surface area contributed by atoms with Gasteiger partial charge in [0.25, 0.3) is 0 Å². The molecule has 2 aromatic carbocycles. The second-order valence-corrected chi connectivity index (χ2v) is 5.78. The van der Waals surface area contributed by atoms with Crippen molar-refractivity contribution in [3.05, 3.63) is 53.3 Å². The van der Waals surface area contributed by atoms with Gasteiger partial charge in [-0.1, -0.05) is 12.1 Å². The SMILES string of the molecule is COc1cccc(NC(=O)NN)c1SCc1cc(F)ccc1C. The molecule has 5 nitrogen and oxygen atoms in total. The third kappa shape index (κ3) is 4.37. The molecule has 0 aliphatic heterocycles. The molecule has 122 valence electrons. The van der Waals surface area contributed by atoms with Crippen molar-refractivity contribution in [2.24, 2.45) is 5.84 Å². The van der Waals surface area contributed by atoms with E-state index in [-0.39, 0.29) is 5.82 Å². The molecule has 0 saturated carbocycles. The van der Waals surface area contributed by atoms with Crippen LogP contribution in [0.3, 0.4) is 0 Å². The molecule has 2 rings (SSSR count). The van der Waals surface area contributed by atoms with Gasteiger partial charge in [0.15, 0.2) is 0 Å². The van der Waals surface area contributed by atoms with E-state index in [0.29, 0.717) is 17.2 Å². The highest BCUT2D eigenvalue weighted by atomic mass is 32.2. The molecule has 0 aliphatic carbocycles. The van der Waals surface area contributed by atoms with E-state index >= 15 is 0 Å². The lowest BCUT2D eigenvalue weighted by Crippen LogP contribution is -2.34. The number of nitrogens with one attached hydrogen (secondary N) is 2. The quantitative estimate of drug-likeness (QED) is 0.339.